The van der Waals surface area contributed by atoms with Crippen LogP contribution in [-0.4, -0.2) is 42.8 Å². The van der Waals surface area contributed by atoms with Gasteiger partial charge in [-0.2, -0.15) is 4.39 Å². The summed E-state index contributed by atoms with van der Waals surface area (Å²) < 4.78 is 60.8. The zero-order valence-electron chi connectivity index (χ0n) is 25.0. The number of methoxy groups -OCH3 is 1. The Balaban J connectivity index is 1.78. The van der Waals surface area contributed by atoms with Crippen LogP contribution in [-0.2, 0) is 22.4 Å². The number of halogens is 3. The summed E-state index contributed by atoms with van der Waals surface area (Å²) in [5.41, 5.74) is 3.38. The standard InChI is InChI=1S/C33H34F3NO6/c1-16-14-24-19(11-12-37(24)31(38)20-9-10-22(34)27(36)29(20)41-6)26(25(16)30(32(39)40)43-33(3,4)5)21-15-23(35)28-18(17(21)2)8-7-13-42-28/h9-10,14-15,30H,7-8,11-13H2,1-6H3,(H,39,40)/t30-/m0/s1. The molecule has 2 aliphatic rings. The molecule has 10 heteroatoms. The molecular formula is C33H34F3NO6. The molecule has 0 radical (unpaired) electrons. The van der Waals surface area contributed by atoms with Crippen molar-refractivity contribution in [3.8, 4) is 22.6 Å². The molecule has 7 nitrogen and oxygen atoms in total. The summed E-state index contributed by atoms with van der Waals surface area (Å²) in [4.78, 5) is 28.0. The lowest BCUT2D eigenvalue weighted by molar-refractivity contribution is -0.160. The van der Waals surface area contributed by atoms with E-state index in [9.17, 15) is 23.5 Å². The third-order valence-electron chi connectivity index (χ3n) is 7.93. The number of ether oxygens (including phenoxy) is 3. The number of amides is 1. The number of benzene rings is 3. The number of carbonyl (C=O) groups is 2. The van der Waals surface area contributed by atoms with E-state index in [2.05, 4.69) is 0 Å². The Kier molecular flexibility index (Phi) is 7.94. The smallest absolute Gasteiger partial charge is 0.337 e. The van der Waals surface area contributed by atoms with Crippen molar-refractivity contribution in [1.82, 2.24) is 0 Å². The lowest BCUT2D eigenvalue weighted by atomic mass is 9.83. The van der Waals surface area contributed by atoms with Gasteiger partial charge in [0.15, 0.2) is 29.2 Å². The number of anilines is 1. The number of nitrogens with zero attached hydrogens (tertiary/aromatic N) is 1. The van der Waals surface area contributed by atoms with Gasteiger partial charge in [-0.3, -0.25) is 4.79 Å². The average molecular weight is 598 g/mol. The van der Waals surface area contributed by atoms with Gasteiger partial charge in [-0.15, -0.1) is 0 Å². The van der Waals surface area contributed by atoms with E-state index in [1.165, 1.54) is 17.0 Å². The highest BCUT2D eigenvalue weighted by Gasteiger charge is 2.38. The second-order valence-corrected chi connectivity index (χ2v) is 11.9. The van der Waals surface area contributed by atoms with E-state index in [4.69, 9.17) is 14.2 Å². The molecule has 0 fully saturated rings. The molecule has 43 heavy (non-hydrogen) atoms. The number of fused-ring (bicyclic) bond motifs is 2. The van der Waals surface area contributed by atoms with Gasteiger partial charge in [0.1, 0.15) is 0 Å². The summed E-state index contributed by atoms with van der Waals surface area (Å²) >= 11 is 0. The molecule has 0 saturated heterocycles. The quantitative estimate of drug-likeness (QED) is 0.334. The average Bonchev–Trinajstić information content (AvgIpc) is 3.37. The van der Waals surface area contributed by atoms with Crippen molar-refractivity contribution in [2.45, 2.75) is 65.6 Å². The highest BCUT2D eigenvalue weighted by atomic mass is 19.2. The van der Waals surface area contributed by atoms with Crippen LogP contribution in [0.2, 0.25) is 0 Å². The topological polar surface area (TPSA) is 85.3 Å². The Morgan fingerprint density at radius 3 is 2.42 bits per heavy atom. The summed E-state index contributed by atoms with van der Waals surface area (Å²) in [5.74, 6) is -5.12. The fourth-order valence-corrected chi connectivity index (χ4v) is 6.10. The first-order valence-corrected chi connectivity index (χ1v) is 14.1. The molecule has 0 unspecified atom stereocenters. The second-order valence-electron chi connectivity index (χ2n) is 11.9. The number of hydrogen-bond donors (Lipinski definition) is 1. The summed E-state index contributed by atoms with van der Waals surface area (Å²) in [6.45, 7) is 9.39. The molecule has 0 saturated carbocycles. The van der Waals surface area contributed by atoms with Crippen molar-refractivity contribution in [2.75, 3.05) is 25.2 Å². The predicted octanol–water partition coefficient (Wildman–Crippen LogP) is 6.87. The molecule has 0 aromatic heterocycles. The van der Waals surface area contributed by atoms with Crippen LogP contribution in [0, 0.1) is 31.3 Å². The third kappa shape index (κ3) is 5.33. The number of aryl methyl sites for hydroxylation is 1. The highest BCUT2D eigenvalue weighted by molar-refractivity contribution is 6.10. The summed E-state index contributed by atoms with van der Waals surface area (Å²) in [6.07, 6.45) is 0.202. The number of carboxylic acids is 1. The summed E-state index contributed by atoms with van der Waals surface area (Å²) in [7, 11) is 1.15. The van der Waals surface area contributed by atoms with E-state index in [1.54, 1.807) is 33.8 Å². The molecule has 0 bridgehead atoms. The third-order valence-corrected chi connectivity index (χ3v) is 7.93. The van der Waals surface area contributed by atoms with Gasteiger partial charge in [0, 0.05) is 23.4 Å². The van der Waals surface area contributed by atoms with Crippen LogP contribution < -0.4 is 14.4 Å². The number of aliphatic carboxylic acids is 1. The molecule has 0 spiro atoms. The van der Waals surface area contributed by atoms with Gasteiger partial charge in [-0.05, 0) is 106 Å². The SMILES string of the molecule is COc1c(C(=O)N2CCc3c2cc(C)c([C@H](OC(C)(C)C)C(=O)O)c3-c2cc(F)c3c(c2C)CCCO3)ccc(F)c1F. The first-order chi connectivity index (χ1) is 20.2. The number of carbonyl (C=O) groups excluding carboxylic acids is 1. The van der Waals surface area contributed by atoms with Gasteiger partial charge in [0.25, 0.3) is 5.91 Å². The van der Waals surface area contributed by atoms with Crippen molar-refractivity contribution in [3.63, 3.8) is 0 Å². The number of rotatable bonds is 6. The fraction of sp³-hybridized carbons (Fsp3) is 0.394. The lowest BCUT2D eigenvalue weighted by Crippen LogP contribution is -2.30. The van der Waals surface area contributed by atoms with Crippen molar-refractivity contribution in [1.29, 1.82) is 0 Å². The highest BCUT2D eigenvalue weighted by Crippen LogP contribution is 2.48. The molecule has 3 aromatic rings. The number of carboxylic acid groups (broad SMARTS) is 1. The maximum Gasteiger partial charge on any atom is 0.337 e. The van der Waals surface area contributed by atoms with Crippen LogP contribution >= 0.6 is 0 Å². The normalized spacial score (nSPS) is 15.0. The van der Waals surface area contributed by atoms with Crippen LogP contribution in [0.15, 0.2) is 24.3 Å². The minimum atomic E-state index is -1.40. The van der Waals surface area contributed by atoms with Crippen molar-refractivity contribution in [3.05, 3.63) is 75.1 Å². The molecule has 0 aliphatic carbocycles. The molecular weight excluding hydrogens is 563 g/mol. The lowest BCUT2D eigenvalue weighted by Gasteiger charge is -2.30. The van der Waals surface area contributed by atoms with Gasteiger partial charge in [0.05, 0.1) is 24.9 Å². The Bertz CT molecular complexity index is 1650. The van der Waals surface area contributed by atoms with E-state index in [-0.39, 0.29) is 17.9 Å². The van der Waals surface area contributed by atoms with Gasteiger partial charge in [0.2, 0.25) is 5.82 Å². The second kappa shape index (κ2) is 11.2. The fourth-order valence-electron chi connectivity index (χ4n) is 6.10. The van der Waals surface area contributed by atoms with Crippen molar-refractivity contribution < 1.29 is 42.1 Å². The van der Waals surface area contributed by atoms with Crippen molar-refractivity contribution in [2.24, 2.45) is 0 Å². The van der Waals surface area contributed by atoms with E-state index in [0.717, 1.165) is 18.7 Å². The van der Waals surface area contributed by atoms with Gasteiger partial charge < -0.3 is 24.2 Å². The van der Waals surface area contributed by atoms with Crippen LogP contribution in [0.4, 0.5) is 18.9 Å². The molecule has 1 atom stereocenters. The van der Waals surface area contributed by atoms with E-state index < -0.39 is 46.8 Å². The Labute approximate surface area is 248 Å². The van der Waals surface area contributed by atoms with Crippen LogP contribution in [0.5, 0.6) is 11.5 Å². The zero-order valence-corrected chi connectivity index (χ0v) is 25.0. The maximum absolute atomic E-state index is 15.6. The van der Waals surface area contributed by atoms with Crippen LogP contribution in [0.1, 0.15) is 71.5 Å². The first-order valence-electron chi connectivity index (χ1n) is 14.1. The van der Waals surface area contributed by atoms with Crippen LogP contribution in [0.3, 0.4) is 0 Å². The molecule has 1 N–H and O–H groups in total. The van der Waals surface area contributed by atoms with E-state index in [0.29, 0.717) is 64.9 Å². The molecule has 2 heterocycles. The minimum absolute atomic E-state index is 0.162. The van der Waals surface area contributed by atoms with Gasteiger partial charge >= 0.3 is 5.97 Å². The Morgan fingerprint density at radius 2 is 1.77 bits per heavy atom. The van der Waals surface area contributed by atoms with Crippen LogP contribution in [0.25, 0.3) is 11.1 Å². The molecule has 228 valence electrons. The molecule has 1 amide bonds. The Hall–Kier alpha value is -4.05. The monoisotopic (exact) mass is 597 g/mol. The molecule has 5 rings (SSSR count). The zero-order chi connectivity index (χ0) is 31.4. The number of hydrogen-bond acceptors (Lipinski definition) is 5. The van der Waals surface area contributed by atoms with Gasteiger partial charge in [-0.25, -0.2) is 13.6 Å². The van der Waals surface area contributed by atoms with Gasteiger partial charge in [-0.1, -0.05) is 0 Å². The first kappa shape index (κ1) is 30.4. The van der Waals surface area contributed by atoms with Crippen molar-refractivity contribution >= 4 is 17.6 Å². The summed E-state index contributed by atoms with van der Waals surface area (Å²) in [5, 5.41) is 10.4. The maximum atomic E-state index is 15.6. The summed E-state index contributed by atoms with van der Waals surface area (Å²) in [6, 6.07) is 5.09. The van der Waals surface area contributed by atoms with E-state index >= 15 is 4.39 Å². The largest absolute Gasteiger partial charge is 0.493 e. The molecule has 3 aromatic carbocycles. The molecule has 2 aliphatic heterocycles. The Morgan fingerprint density at radius 1 is 1.05 bits per heavy atom. The van der Waals surface area contributed by atoms with E-state index in [1.807, 2.05) is 6.92 Å². The minimum Gasteiger partial charge on any atom is -0.493 e. The predicted molar refractivity (Wildman–Crippen MR) is 155 cm³/mol.